The number of ether oxygens (including phenoxy) is 1. The van der Waals surface area contributed by atoms with Gasteiger partial charge in [-0.15, -0.1) is 0 Å². The van der Waals surface area contributed by atoms with Gasteiger partial charge in [0.05, 0.1) is 23.5 Å². The van der Waals surface area contributed by atoms with Crippen LogP contribution in [-0.2, 0) is 9.53 Å². The topological polar surface area (TPSA) is 98.5 Å². The van der Waals surface area contributed by atoms with Gasteiger partial charge in [-0.1, -0.05) is 6.07 Å². The molecule has 20 heavy (non-hydrogen) atoms. The molecule has 0 radical (unpaired) electrons. The fraction of sp³-hybridized carbons (Fsp3) is 0.333. The van der Waals surface area contributed by atoms with Crippen LogP contribution in [0.4, 0.5) is 5.69 Å². The van der Waals surface area contributed by atoms with Gasteiger partial charge in [0.2, 0.25) is 0 Å². The van der Waals surface area contributed by atoms with E-state index < -0.39 is 16.8 Å². The maximum absolute atomic E-state index is 11.9. The van der Waals surface area contributed by atoms with Crippen LogP contribution in [0.3, 0.4) is 0 Å². The lowest BCUT2D eigenvalue weighted by molar-refractivity contribution is -0.385. The van der Waals surface area contributed by atoms with Crippen molar-refractivity contribution >= 4 is 33.5 Å². The van der Waals surface area contributed by atoms with Gasteiger partial charge >= 0.3 is 5.97 Å². The van der Waals surface area contributed by atoms with E-state index in [0.717, 1.165) is 0 Å². The normalized spacial score (nSPS) is 9.90. The molecule has 108 valence electrons. The van der Waals surface area contributed by atoms with Crippen LogP contribution in [-0.4, -0.2) is 30.0 Å². The molecule has 0 fully saturated rings. The molecule has 0 aliphatic carbocycles. The van der Waals surface area contributed by atoms with Gasteiger partial charge in [-0.3, -0.25) is 19.7 Å². The molecule has 0 saturated heterocycles. The highest BCUT2D eigenvalue weighted by Gasteiger charge is 2.19. The first kappa shape index (κ1) is 16.1. The summed E-state index contributed by atoms with van der Waals surface area (Å²) in [6.45, 7) is 2.08. The highest BCUT2D eigenvalue weighted by atomic mass is 79.9. The Bertz CT molecular complexity index is 533. The first-order valence-corrected chi connectivity index (χ1v) is 6.63. The molecule has 1 amide bonds. The largest absolute Gasteiger partial charge is 0.466 e. The number of benzene rings is 1. The minimum absolute atomic E-state index is 0.0477. The molecule has 0 saturated carbocycles. The van der Waals surface area contributed by atoms with Crippen LogP contribution in [0, 0.1) is 10.1 Å². The molecule has 0 atom stereocenters. The van der Waals surface area contributed by atoms with E-state index in [2.05, 4.69) is 21.2 Å². The van der Waals surface area contributed by atoms with Gasteiger partial charge in [0.25, 0.3) is 11.6 Å². The number of amides is 1. The molecule has 8 heteroatoms. The molecule has 0 heterocycles. The summed E-state index contributed by atoms with van der Waals surface area (Å²) in [7, 11) is 0. The van der Waals surface area contributed by atoms with E-state index in [-0.39, 0.29) is 35.3 Å². The van der Waals surface area contributed by atoms with E-state index in [1.165, 1.54) is 18.2 Å². The highest BCUT2D eigenvalue weighted by Crippen LogP contribution is 2.28. The van der Waals surface area contributed by atoms with Crippen molar-refractivity contribution in [1.29, 1.82) is 0 Å². The van der Waals surface area contributed by atoms with Gasteiger partial charge in [-0.05, 0) is 28.9 Å². The van der Waals surface area contributed by atoms with E-state index >= 15 is 0 Å². The van der Waals surface area contributed by atoms with E-state index in [1.807, 2.05) is 0 Å². The van der Waals surface area contributed by atoms with Gasteiger partial charge in [-0.2, -0.15) is 0 Å². The van der Waals surface area contributed by atoms with Crippen molar-refractivity contribution in [1.82, 2.24) is 5.32 Å². The van der Waals surface area contributed by atoms with E-state index in [4.69, 9.17) is 4.74 Å². The maximum Gasteiger partial charge on any atom is 0.307 e. The molecule has 0 spiro atoms. The Morgan fingerprint density at radius 1 is 1.45 bits per heavy atom. The average Bonchev–Trinajstić information content (AvgIpc) is 2.38. The number of halogens is 1. The predicted molar refractivity (Wildman–Crippen MR) is 74.4 cm³/mol. The molecule has 1 aromatic carbocycles. The van der Waals surface area contributed by atoms with Crippen molar-refractivity contribution in [3.63, 3.8) is 0 Å². The molecular weight excluding hydrogens is 332 g/mol. The Morgan fingerprint density at radius 3 is 2.75 bits per heavy atom. The van der Waals surface area contributed by atoms with Crippen LogP contribution >= 0.6 is 15.9 Å². The molecule has 0 aliphatic rings. The van der Waals surface area contributed by atoms with Gasteiger partial charge in [0.1, 0.15) is 4.47 Å². The zero-order valence-electron chi connectivity index (χ0n) is 10.7. The fourth-order valence-electron chi connectivity index (χ4n) is 1.44. The van der Waals surface area contributed by atoms with Crippen LogP contribution < -0.4 is 5.32 Å². The highest BCUT2D eigenvalue weighted by molar-refractivity contribution is 9.10. The van der Waals surface area contributed by atoms with Crippen LogP contribution in [0.15, 0.2) is 22.7 Å². The third kappa shape index (κ3) is 4.30. The summed E-state index contributed by atoms with van der Waals surface area (Å²) in [6, 6.07) is 4.17. The standard InChI is InChI=1S/C12H13BrN2O5/c1-2-20-10(16)6-7-14-12(17)8-4-3-5-9(11(8)13)15(18)19/h3-5H,2,6-7H2,1H3,(H,14,17). The molecule has 0 aromatic heterocycles. The molecule has 1 N–H and O–H groups in total. The zero-order chi connectivity index (χ0) is 15.1. The molecule has 0 aliphatic heterocycles. The number of carbonyl (C=O) groups is 2. The third-order valence-corrected chi connectivity index (χ3v) is 3.17. The molecule has 1 aromatic rings. The minimum atomic E-state index is -0.584. The lowest BCUT2D eigenvalue weighted by Crippen LogP contribution is -2.27. The first-order chi connectivity index (χ1) is 9.47. The maximum atomic E-state index is 11.9. The number of nitrogens with zero attached hydrogens (tertiary/aromatic N) is 1. The second-order valence-corrected chi connectivity index (χ2v) is 4.50. The Morgan fingerprint density at radius 2 is 2.15 bits per heavy atom. The summed E-state index contributed by atoms with van der Waals surface area (Å²) < 4.78 is 4.82. The smallest absolute Gasteiger partial charge is 0.307 e. The van der Waals surface area contributed by atoms with E-state index in [1.54, 1.807) is 6.92 Å². The number of esters is 1. The van der Waals surface area contributed by atoms with Crippen molar-refractivity contribution in [2.45, 2.75) is 13.3 Å². The monoisotopic (exact) mass is 344 g/mol. The van der Waals surface area contributed by atoms with E-state index in [9.17, 15) is 19.7 Å². The number of carbonyl (C=O) groups excluding carboxylic acids is 2. The van der Waals surface area contributed by atoms with Crippen molar-refractivity contribution in [3.8, 4) is 0 Å². The third-order valence-electron chi connectivity index (χ3n) is 2.34. The van der Waals surface area contributed by atoms with Gasteiger partial charge < -0.3 is 10.1 Å². The summed E-state index contributed by atoms with van der Waals surface area (Å²) in [5.41, 5.74) is -0.0499. The first-order valence-electron chi connectivity index (χ1n) is 5.84. The summed E-state index contributed by atoms with van der Waals surface area (Å²) in [5.74, 6) is -0.907. The van der Waals surface area contributed by atoms with Crippen LogP contribution in [0.5, 0.6) is 0 Å². The Hall–Kier alpha value is -1.96. The second-order valence-electron chi connectivity index (χ2n) is 3.71. The molecule has 7 nitrogen and oxygen atoms in total. The van der Waals surface area contributed by atoms with Crippen molar-refractivity contribution in [3.05, 3.63) is 38.3 Å². The Labute approximate surface area is 123 Å². The number of nitrogens with one attached hydrogen (secondary N) is 1. The molecular formula is C12H13BrN2O5. The van der Waals surface area contributed by atoms with Crippen molar-refractivity contribution in [2.24, 2.45) is 0 Å². The molecule has 1 rings (SSSR count). The number of hydrogen-bond acceptors (Lipinski definition) is 5. The van der Waals surface area contributed by atoms with Gasteiger partial charge in [-0.25, -0.2) is 0 Å². The van der Waals surface area contributed by atoms with Crippen LogP contribution in [0.1, 0.15) is 23.7 Å². The van der Waals surface area contributed by atoms with E-state index in [0.29, 0.717) is 0 Å². The summed E-state index contributed by atoms with van der Waals surface area (Å²) in [6.07, 6.45) is 0.0477. The number of nitro benzene ring substituents is 1. The summed E-state index contributed by atoms with van der Waals surface area (Å²) >= 11 is 3.03. The van der Waals surface area contributed by atoms with Crippen molar-refractivity contribution < 1.29 is 19.2 Å². The van der Waals surface area contributed by atoms with Crippen LogP contribution in [0.2, 0.25) is 0 Å². The SMILES string of the molecule is CCOC(=O)CCNC(=O)c1cccc([N+](=O)[O-])c1Br. The number of nitro groups is 1. The lowest BCUT2D eigenvalue weighted by Gasteiger charge is -2.07. The Kier molecular flexibility index (Phi) is 6.10. The fourth-order valence-corrected chi connectivity index (χ4v) is 2.03. The van der Waals surface area contributed by atoms with Crippen LogP contribution in [0.25, 0.3) is 0 Å². The van der Waals surface area contributed by atoms with Gasteiger partial charge in [0, 0.05) is 12.6 Å². The average molecular weight is 345 g/mol. The number of rotatable bonds is 6. The quantitative estimate of drug-likeness (QED) is 0.483. The predicted octanol–water partition coefficient (Wildman–Crippen LogP) is 2.04. The zero-order valence-corrected chi connectivity index (χ0v) is 12.3. The lowest BCUT2D eigenvalue weighted by atomic mass is 10.2. The Balaban J connectivity index is 2.67. The summed E-state index contributed by atoms with van der Waals surface area (Å²) in [5, 5.41) is 13.3. The molecule has 0 unspecified atom stereocenters. The second kappa shape index (κ2) is 7.59. The number of hydrogen-bond donors (Lipinski definition) is 1. The molecule has 0 bridgehead atoms. The van der Waals surface area contributed by atoms with Crippen molar-refractivity contribution in [2.75, 3.05) is 13.2 Å². The summed E-state index contributed by atoms with van der Waals surface area (Å²) in [4.78, 5) is 33.1. The van der Waals surface area contributed by atoms with Gasteiger partial charge in [0.15, 0.2) is 0 Å². The minimum Gasteiger partial charge on any atom is -0.466 e.